The molecule has 0 aromatic heterocycles. The Morgan fingerprint density at radius 2 is 2.10 bits per heavy atom. The first-order valence-electron chi connectivity index (χ1n) is 6.99. The van der Waals surface area contributed by atoms with Crippen LogP contribution < -0.4 is 15.4 Å². The molecule has 0 aliphatic carbocycles. The van der Waals surface area contributed by atoms with Crippen molar-refractivity contribution in [1.29, 1.82) is 0 Å². The van der Waals surface area contributed by atoms with E-state index in [0.717, 1.165) is 12.8 Å². The van der Waals surface area contributed by atoms with Crippen LogP contribution in [0.3, 0.4) is 0 Å². The molecule has 1 aromatic carbocycles. The summed E-state index contributed by atoms with van der Waals surface area (Å²) < 4.78 is 5.28. The number of primary amides is 1. The molecule has 114 valence electrons. The van der Waals surface area contributed by atoms with Gasteiger partial charge in [-0.25, -0.2) is 4.79 Å². The van der Waals surface area contributed by atoms with Gasteiger partial charge in [0, 0.05) is 20.1 Å². The second kappa shape index (κ2) is 6.47. The van der Waals surface area contributed by atoms with Crippen LogP contribution in [-0.4, -0.2) is 44.1 Å². The topological polar surface area (TPSA) is 75.9 Å². The van der Waals surface area contributed by atoms with E-state index in [0.29, 0.717) is 24.5 Å². The van der Waals surface area contributed by atoms with Crippen LogP contribution >= 0.6 is 0 Å². The predicted octanol–water partition coefficient (Wildman–Crippen LogP) is 1.45. The minimum Gasteiger partial charge on any atom is -0.495 e. The summed E-state index contributed by atoms with van der Waals surface area (Å²) in [7, 11) is 3.27. The molecule has 2 rings (SSSR count). The first-order chi connectivity index (χ1) is 10.0. The van der Waals surface area contributed by atoms with Gasteiger partial charge in [0.1, 0.15) is 5.75 Å². The van der Waals surface area contributed by atoms with Crippen LogP contribution in [0.4, 0.5) is 10.5 Å². The monoisotopic (exact) mass is 291 g/mol. The summed E-state index contributed by atoms with van der Waals surface area (Å²) in [5, 5.41) is 0. The van der Waals surface area contributed by atoms with Crippen molar-refractivity contribution in [3.05, 3.63) is 24.3 Å². The third-order valence-electron chi connectivity index (χ3n) is 3.83. The highest BCUT2D eigenvalue weighted by atomic mass is 16.5. The van der Waals surface area contributed by atoms with Crippen LogP contribution in [0, 0.1) is 5.92 Å². The number of carbonyl (C=O) groups excluding carboxylic acids is 2. The van der Waals surface area contributed by atoms with E-state index in [2.05, 4.69) is 0 Å². The molecule has 1 aliphatic rings. The van der Waals surface area contributed by atoms with Crippen LogP contribution in [0.2, 0.25) is 0 Å². The van der Waals surface area contributed by atoms with E-state index in [1.165, 1.54) is 0 Å². The van der Waals surface area contributed by atoms with Gasteiger partial charge in [0.05, 0.1) is 18.7 Å². The second-order valence-electron chi connectivity index (χ2n) is 5.20. The van der Waals surface area contributed by atoms with Crippen molar-refractivity contribution in [2.75, 3.05) is 32.1 Å². The molecular weight excluding hydrogens is 270 g/mol. The van der Waals surface area contributed by atoms with E-state index >= 15 is 0 Å². The molecule has 0 radical (unpaired) electrons. The van der Waals surface area contributed by atoms with Gasteiger partial charge in [-0.1, -0.05) is 12.1 Å². The molecule has 1 atom stereocenters. The molecule has 6 nitrogen and oxygen atoms in total. The van der Waals surface area contributed by atoms with Gasteiger partial charge in [0.15, 0.2) is 0 Å². The van der Waals surface area contributed by atoms with Crippen molar-refractivity contribution in [1.82, 2.24) is 4.90 Å². The minimum atomic E-state index is -0.340. The number of nitrogens with two attached hydrogens (primary N) is 1. The van der Waals surface area contributed by atoms with Crippen LogP contribution in [0.25, 0.3) is 0 Å². The van der Waals surface area contributed by atoms with Crippen molar-refractivity contribution in [3.8, 4) is 5.75 Å². The van der Waals surface area contributed by atoms with Gasteiger partial charge in [-0.3, -0.25) is 9.69 Å². The SMILES string of the molecule is COc1ccccc1N(C)C(=O)N1CCC[C@H](C(N)=O)C1. The highest BCUT2D eigenvalue weighted by molar-refractivity contribution is 5.93. The lowest BCUT2D eigenvalue weighted by Gasteiger charge is -2.34. The summed E-state index contributed by atoms with van der Waals surface area (Å²) in [6, 6.07) is 7.19. The number of hydrogen-bond acceptors (Lipinski definition) is 3. The number of rotatable bonds is 3. The number of anilines is 1. The smallest absolute Gasteiger partial charge is 0.324 e. The van der Waals surface area contributed by atoms with Gasteiger partial charge in [-0.2, -0.15) is 0 Å². The molecule has 6 heteroatoms. The summed E-state index contributed by atoms with van der Waals surface area (Å²) in [6.07, 6.45) is 1.54. The van der Waals surface area contributed by atoms with Crippen LogP contribution in [0.1, 0.15) is 12.8 Å². The van der Waals surface area contributed by atoms with Crippen molar-refractivity contribution in [2.24, 2.45) is 11.7 Å². The predicted molar refractivity (Wildman–Crippen MR) is 80.3 cm³/mol. The van der Waals surface area contributed by atoms with Gasteiger partial charge in [-0.05, 0) is 25.0 Å². The fraction of sp³-hybridized carbons (Fsp3) is 0.467. The number of methoxy groups -OCH3 is 1. The van der Waals surface area contributed by atoms with Crippen LogP contribution in [-0.2, 0) is 4.79 Å². The van der Waals surface area contributed by atoms with Crippen LogP contribution in [0.15, 0.2) is 24.3 Å². The van der Waals surface area contributed by atoms with Crippen LogP contribution in [0.5, 0.6) is 5.75 Å². The number of amides is 3. The van der Waals surface area contributed by atoms with Gasteiger partial charge < -0.3 is 15.4 Å². The number of carbonyl (C=O) groups is 2. The Morgan fingerprint density at radius 1 is 1.38 bits per heavy atom. The molecule has 2 N–H and O–H groups in total. The van der Waals surface area contributed by atoms with E-state index in [-0.39, 0.29) is 17.9 Å². The van der Waals surface area contributed by atoms with Crippen molar-refractivity contribution >= 4 is 17.6 Å². The molecule has 0 bridgehead atoms. The fourth-order valence-corrected chi connectivity index (χ4v) is 2.61. The third kappa shape index (κ3) is 3.26. The fourth-order valence-electron chi connectivity index (χ4n) is 2.61. The highest BCUT2D eigenvalue weighted by Crippen LogP contribution is 2.28. The Morgan fingerprint density at radius 3 is 2.76 bits per heavy atom. The van der Waals surface area contributed by atoms with E-state index in [4.69, 9.17) is 10.5 Å². The first kappa shape index (κ1) is 15.2. The second-order valence-corrected chi connectivity index (χ2v) is 5.20. The Kier molecular flexibility index (Phi) is 4.67. The number of likely N-dealkylation sites (tertiary alicyclic amines) is 1. The maximum Gasteiger partial charge on any atom is 0.324 e. The molecule has 1 fully saturated rings. The average Bonchev–Trinajstić information content (AvgIpc) is 2.53. The van der Waals surface area contributed by atoms with E-state index in [1.54, 1.807) is 24.0 Å². The number of para-hydroxylation sites is 2. The summed E-state index contributed by atoms with van der Waals surface area (Å²) in [5.74, 6) is 0.0398. The number of nitrogens with zero attached hydrogens (tertiary/aromatic N) is 2. The molecule has 1 saturated heterocycles. The highest BCUT2D eigenvalue weighted by Gasteiger charge is 2.29. The Labute approximate surface area is 124 Å². The number of piperidine rings is 1. The van der Waals surface area contributed by atoms with Gasteiger partial charge in [-0.15, -0.1) is 0 Å². The first-order valence-corrected chi connectivity index (χ1v) is 6.99. The quantitative estimate of drug-likeness (QED) is 0.915. The number of ether oxygens (including phenoxy) is 1. The standard InChI is InChI=1S/C15H21N3O3/c1-17(12-7-3-4-8-13(12)21-2)15(20)18-9-5-6-11(10-18)14(16)19/h3-4,7-8,11H,5-6,9-10H2,1-2H3,(H2,16,19)/t11-/m0/s1. The molecule has 21 heavy (non-hydrogen) atoms. The third-order valence-corrected chi connectivity index (χ3v) is 3.83. The van der Waals surface area contributed by atoms with Crippen molar-refractivity contribution in [3.63, 3.8) is 0 Å². The molecule has 1 aliphatic heterocycles. The molecule has 1 aromatic rings. The molecule has 0 spiro atoms. The molecule has 3 amide bonds. The normalized spacial score (nSPS) is 18.2. The Bertz CT molecular complexity index is 533. The number of hydrogen-bond donors (Lipinski definition) is 1. The lowest BCUT2D eigenvalue weighted by molar-refractivity contribution is -0.123. The van der Waals surface area contributed by atoms with E-state index in [9.17, 15) is 9.59 Å². The summed E-state index contributed by atoms with van der Waals surface area (Å²) in [5.41, 5.74) is 6.05. The molecule has 1 heterocycles. The lowest BCUT2D eigenvalue weighted by atomic mass is 9.98. The maximum absolute atomic E-state index is 12.6. The van der Waals surface area contributed by atoms with E-state index in [1.807, 2.05) is 24.3 Å². The molecule has 0 saturated carbocycles. The van der Waals surface area contributed by atoms with Gasteiger partial charge in [0.2, 0.25) is 5.91 Å². The summed E-state index contributed by atoms with van der Waals surface area (Å²) >= 11 is 0. The largest absolute Gasteiger partial charge is 0.495 e. The minimum absolute atomic E-state index is 0.148. The zero-order valence-electron chi connectivity index (χ0n) is 12.4. The molecule has 0 unspecified atom stereocenters. The van der Waals surface area contributed by atoms with E-state index < -0.39 is 0 Å². The Hall–Kier alpha value is -2.24. The Balaban J connectivity index is 2.13. The van der Waals surface area contributed by atoms with Crippen molar-refractivity contribution in [2.45, 2.75) is 12.8 Å². The summed E-state index contributed by atoms with van der Waals surface area (Å²) in [4.78, 5) is 27.1. The van der Waals surface area contributed by atoms with Gasteiger partial charge in [0.25, 0.3) is 0 Å². The zero-order valence-corrected chi connectivity index (χ0v) is 12.4. The summed E-state index contributed by atoms with van der Waals surface area (Å²) in [6.45, 7) is 1.02. The maximum atomic E-state index is 12.6. The lowest BCUT2D eigenvalue weighted by Crippen LogP contribution is -2.48. The zero-order chi connectivity index (χ0) is 15.4. The molecular formula is C15H21N3O3. The number of benzene rings is 1. The average molecular weight is 291 g/mol. The van der Waals surface area contributed by atoms with Crippen molar-refractivity contribution < 1.29 is 14.3 Å². The number of urea groups is 1. The van der Waals surface area contributed by atoms with Gasteiger partial charge >= 0.3 is 6.03 Å².